The molecule has 0 aliphatic carbocycles. The molecule has 1 heterocycles. The molecule has 2 unspecified atom stereocenters. The van der Waals surface area contributed by atoms with Gasteiger partial charge in [0, 0.05) is 25.2 Å². The molecule has 0 spiro atoms. The van der Waals surface area contributed by atoms with Gasteiger partial charge in [0.2, 0.25) is 0 Å². The lowest BCUT2D eigenvalue weighted by atomic mass is 9.93. The standard InChI is InChI=1S/C14H27N3/c1-6-8-11(3)14(15-7-2)10-13-9-12(4)16-17(13)5/h9,11,14-15H,6-8,10H2,1-5H3. The van der Waals surface area contributed by atoms with Crippen molar-refractivity contribution in [1.82, 2.24) is 15.1 Å². The summed E-state index contributed by atoms with van der Waals surface area (Å²) in [6.07, 6.45) is 3.62. The summed E-state index contributed by atoms with van der Waals surface area (Å²) in [6, 6.07) is 2.76. The highest BCUT2D eigenvalue weighted by molar-refractivity contribution is 5.10. The number of hydrogen-bond acceptors (Lipinski definition) is 2. The Bertz CT molecular complexity index is 330. The Morgan fingerprint density at radius 3 is 2.59 bits per heavy atom. The van der Waals surface area contributed by atoms with Gasteiger partial charge in [-0.05, 0) is 31.9 Å². The molecule has 0 amide bonds. The first-order chi connectivity index (χ1) is 8.08. The minimum atomic E-state index is 0.565. The highest BCUT2D eigenvalue weighted by atomic mass is 15.3. The lowest BCUT2D eigenvalue weighted by Crippen LogP contribution is -2.37. The van der Waals surface area contributed by atoms with E-state index in [4.69, 9.17) is 0 Å². The molecule has 1 rings (SSSR count). The van der Waals surface area contributed by atoms with Gasteiger partial charge >= 0.3 is 0 Å². The van der Waals surface area contributed by atoms with Crippen molar-refractivity contribution in [1.29, 1.82) is 0 Å². The molecule has 17 heavy (non-hydrogen) atoms. The van der Waals surface area contributed by atoms with Crippen molar-refractivity contribution in [3.8, 4) is 0 Å². The van der Waals surface area contributed by atoms with Crippen molar-refractivity contribution in [2.75, 3.05) is 6.54 Å². The van der Waals surface area contributed by atoms with Gasteiger partial charge in [-0.2, -0.15) is 5.10 Å². The minimum absolute atomic E-state index is 0.565. The number of aromatic nitrogens is 2. The molecule has 0 saturated carbocycles. The largest absolute Gasteiger partial charge is 0.314 e. The summed E-state index contributed by atoms with van der Waals surface area (Å²) in [5.74, 6) is 0.718. The summed E-state index contributed by atoms with van der Waals surface area (Å²) in [5.41, 5.74) is 2.44. The van der Waals surface area contributed by atoms with Crippen molar-refractivity contribution in [3.63, 3.8) is 0 Å². The Balaban J connectivity index is 2.68. The minimum Gasteiger partial charge on any atom is -0.314 e. The molecule has 0 fully saturated rings. The molecule has 0 aliphatic heterocycles. The second-order valence-electron chi connectivity index (χ2n) is 5.03. The van der Waals surface area contributed by atoms with E-state index in [0.717, 1.165) is 24.6 Å². The van der Waals surface area contributed by atoms with Crippen molar-refractivity contribution in [2.24, 2.45) is 13.0 Å². The quantitative estimate of drug-likeness (QED) is 0.790. The van der Waals surface area contributed by atoms with Gasteiger partial charge < -0.3 is 5.32 Å². The molecule has 1 aromatic rings. The van der Waals surface area contributed by atoms with Crippen molar-refractivity contribution in [3.05, 3.63) is 17.5 Å². The average Bonchev–Trinajstić information content (AvgIpc) is 2.57. The fourth-order valence-corrected chi connectivity index (χ4v) is 2.47. The van der Waals surface area contributed by atoms with Crippen LogP contribution >= 0.6 is 0 Å². The molecule has 1 aromatic heterocycles. The molecule has 0 aliphatic rings. The molecular formula is C14H27N3. The monoisotopic (exact) mass is 237 g/mol. The van der Waals surface area contributed by atoms with Crippen LogP contribution in [0, 0.1) is 12.8 Å². The van der Waals surface area contributed by atoms with Gasteiger partial charge in [-0.25, -0.2) is 0 Å². The third-order valence-electron chi connectivity index (χ3n) is 3.43. The Labute approximate surface area is 106 Å². The molecule has 0 bridgehead atoms. The maximum Gasteiger partial charge on any atom is 0.0596 e. The van der Waals surface area contributed by atoms with E-state index in [2.05, 4.69) is 44.2 Å². The maximum absolute atomic E-state index is 4.42. The molecular weight excluding hydrogens is 210 g/mol. The number of nitrogens with zero attached hydrogens (tertiary/aromatic N) is 2. The first-order valence-electron chi connectivity index (χ1n) is 6.81. The molecule has 0 radical (unpaired) electrons. The van der Waals surface area contributed by atoms with E-state index >= 15 is 0 Å². The van der Waals surface area contributed by atoms with Gasteiger partial charge in [-0.1, -0.05) is 27.2 Å². The number of rotatable bonds is 7. The van der Waals surface area contributed by atoms with Crippen LogP contribution in [-0.4, -0.2) is 22.4 Å². The topological polar surface area (TPSA) is 29.9 Å². The number of likely N-dealkylation sites (N-methyl/N-ethyl adjacent to an activating group) is 1. The third kappa shape index (κ3) is 4.15. The summed E-state index contributed by atoms with van der Waals surface area (Å²) in [6.45, 7) is 9.88. The van der Waals surface area contributed by atoms with Crippen molar-refractivity contribution >= 4 is 0 Å². The first kappa shape index (κ1) is 14.2. The Morgan fingerprint density at radius 1 is 1.41 bits per heavy atom. The van der Waals surface area contributed by atoms with Crippen LogP contribution in [0.15, 0.2) is 6.07 Å². The lowest BCUT2D eigenvalue weighted by molar-refractivity contribution is 0.352. The summed E-state index contributed by atoms with van der Waals surface area (Å²) >= 11 is 0. The van der Waals surface area contributed by atoms with Crippen LogP contribution in [0.25, 0.3) is 0 Å². The highest BCUT2D eigenvalue weighted by Crippen LogP contribution is 2.15. The molecule has 3 nitrogen and oxygen atoms in total. The molecule has 0 saturated heterocycles. The maximum atomic E-state index is 4.42. The Morgan fingerprint density at radius 2 is 2.12 bits per heavy atom. The lowest BCUT2D eigenvalue weighted by Gasteiger charge is -2.24. The van der Waals surface area contributed by atoms with E-state index in [1.165, 1.54) is 18.5 Å². The van der Waals surface area contributed by atoms with Crippen LogP contribution in [0.5, 0.6) is 0 Å². The summed E-state index contributed by atoms with van der Waals surface area (Å²) in [4.78, 5) is 0. The summed E-state index contributed by atoms with van der Waals surface area (Å²) < 4.78 is 2.01. The smallest absolute Gasteiger partial charge is 0.0596 e. The number of aryl methyl sites for hydroxylation is 2. The molecule has 3 heteroatoms. The van der Waals surface area contributed by atoms with E-state index in [0.29, 0.717) is 6.04 Å². The Hall–Kier alpha value is -0.830. The summed E-state index contributed by atoms with van der Waals surface area (Å²) in [5, 5.41) is 8.03. The highest BCUT2D eigenvalue weighted by Gasteiger charge is 2.17. The molecule has 0 aromatic carbocycles. The predicted molar refractivity (Wildman–Crippen MR) is 73.2 cm³/mol. The van der Waals surface area contributed by atoms with Gasteiger partial charge in [0.25, 0.3) is 0 Å². The summed E-state index contributed by atoms with van der Waals surface area (Å²) in [7, 11) is 2.04. The normalized spacial score (nSPS) is 14.9. The van der Waals surface area contributed by atoms with E-state index in [1.54, 1.807) is 0 Å². The van der Waals surface area contributed by atoms with Gasteiger partial charge in [0.15, 0.2) is 0 Å². The van der Waals surface area contributed by atoms with Crippen LogP contribution < -0.4 is 5.32 Å². The average molecular weight is 237 g/mol. The van der Waals surface area contributed by atoms with Crippen LogP contribution in [-0.2, 0) is 13.5 Å². The van der Waals surface area contributed by atoms with Gasteiger partial charge in [0.05, 0.1) is 5.69 Å². The van der Waals surface area contributed by atoms with Gasteiger partial charge in [-0.15, -0.1) is 0 Å². The third-order valence-corrected chi connectivity index (χ3v) is 3.43. The number of nitrogens with one attached hydrogen (secondary N) is 1. The zero-order valence-corrected chi connectivity index (χ0v) is 12.0. The second-order valence-corrected chi connectivity index (χ2v) is 5.03. The van der Waals surface area contributed by atoms with E-state index in [-0.39, 0.29) is 0 Å². The van der Waals surface area contributed by atoms with Crippen LogP contribution in [0.2, 0.25) is 0 Å². The van der Waals surface area contributed by atoms with Crippen LogP contribution in [0.3, 0.4) is 0 Å². The second kappa shape index (κ2) is 6.80. The van der Waals surface area contributed by atoms with Crippen molar-refractivity contribution < 1.29 is 0 Å². The number of hydrogen-bond donors (Lipinski definition) is 1. The van der Waals surface area contributed by atoms with Crippen LogP contribution in [0.1, 0.15) is 45.0 Å². The fourth-order valence-electron chi connectivity index (χ4n) is 2.47. The Kier molecular flexibility index (Phi) is 5.69. The van der Waals surface area contributed by atoms with E-state index in [9.17, 15) is 0 Å². The van der Waals surface area contributed by atoms with Crippen LogP contribution in [0.4, 0.5) is 0 Å². The van der Waals surface area contributed by atoms with Gasteiger partial charge in [-0.3, -0.25) is 4.68 Å². The fraction of sp³-hybridized carbons (Fsp3) is 0.786. The predicted octanol–water partition coefficient (Wildman–Crippen LogP) is 2.69. The van der Waals surface area contributed by atoms with E-state index in [1.807, 2.05) is 11.7 Å². The molecule has 98 valence electrons. The SMILES string of the molecule is CCCC(C)C(Cc1cc(C)nn1C)NCC. The van der Waals surface area contributed by atoms with Gasteiger partial charge in [0.1, 0.15) is 0 Å². The molecule has 2 atom stereocenters. The zero-order valence-electron chi connectivity index (χ0n) is 12.0. The molecule has 1 N–H and O–H groups in total. The zero-order chi connectivity index (χ0) is 12.8. The van der Waals surface area contributed by atoms with Crippen molar-refractivity contribution in [2.45, 2.75) is 53.0 Å². The first-order valence-corrected chi connectivity index (χ1v) is 6.81. The van der Waals surface area contributed by atoms with E-state index < -0.39 is 0 Å².